The topological polar surface area (TPSA) is 45.8 Å². The first-order chi connectivity index (χ1) is 10.7. The van der Waals surface area contributed by atoms with Crippen LogP contribution in [-0.2, 0) is 0 Å². The minimum absolute atomic E-state index is 0.102. The van der Waals surface area contributed by atoms with Gasteiger partial charge in [0.05, 0.1) is 11.3 Å². The molecule has 0 spiro atoms. The molecule has 2 heterocycles. The molecular formula is C18H13ClN2O. The highest BCUT2D eigenvalue weighted by Gasteiger charge is 2.17. The molecule has 3 nitrogen and oxygen atoms in total. The Balaban J connectivity index is 2.13. The van der Waals surface area contributed by atoms with Gasteiger partial charge in [0.25, 0.3) is 5.56 Å². The van der Waals surface area contributed by atoms with Crippen molar-refractivity contribution >= 4 is 22.4 Å². The fourth-order valence-corrected chi connectivity index (χ4v) is 3.15. The Morgan fingerprint density at radius 3 is 2.77 bits per heavy atom. The molecule has 0 atom stereocenters. The molecule has 2 aliphatic heterocycles. The van der Waals surface area contributed by atoms with E-state index in [1.165, 1.54) is 0 Å². The van der Waals surface area contributed by atoms with Gasteiger partial charge in [-0.15, -0.1) is 0 Å². The number of aromatic amines is 1. The van der Waals surface area contributed by atoms with Crippen molar-refractivity contribution in [2.24, 2.45) is 0 Å². The Morgan fingerprint density at radius 2 is 1.95 bits per heavy atom. The van der Waals surface area contributed by atoms with Crippen molar-refractivity contribution in [3.63, 3.8) is 0 Å². The predicted octanol–water partition coefficient (Wildman–Crippen LogP) is 4.28. The van der Waals surface area contributed by atoms with Crippen molar-refractivity contribution in [2.45, 2.75) is 12.3 Å². The Morgan fingerprint density at radius 1 is 1.14 bits per heavy atom. The van der Waals surface area contributed by atoms with Crippen LogP contribution in [0.4, 0.5) is 0 Å². The van der Waals surface area contributed by atoms with E-state index in [0.29, 0.717) is 10.6 Å². The number of allylic oxidation sites excluding steroid dienone is 4. The lowest BCUT2D eigenvalue weighted by Crippen LogP contribution is -1.99. The molecule has 1 aliphatic carbocycles. The molecule has 4 rings (SSSR count). The van der Waals surface area contributed by atoms with E-state index in [4.69, 9.17) is 11.6 Å². The largest absolute Gasteiger partial charge is 0.328 e. The van der Waals surface area contributed by atoms with Crippen LogP contribution in [-0.4, -0.2) is 9.97 Å². The standard InChI is InChI=1S/C18H13ClN2O/c19-12-6-7-13-14(8-12)17(11-4-2-1-3-5-11)20-10-16-15(13)9-21-18(16)22/h2-11H,1H2,(H,21,22). The van der Waals surface area contributed by atoms with Gasteiger partial charge in [0.2, 0.25) is 0 Å². The van der Waals surface area contributed by atoms with E-state index in [1.54, 1.807) is 12.4 Å². The van der Waals surface area contributed by atoms with E-state index >= 15 is 0 Å². The summed E-state index contributed by atoms with van der Waals surface area (Å²) in [6, 6.07) is 5.72. The summed E-state index contributed by atoms with van der Waals surface area (Å²) in [6.07, 6.45) is 12.9. The van der Waals surface area contributed by atoms with Crippen LogP contribution in [0.25, 0.3) is 21.9 Å². The van der Waals surface area contributed by atoms with E-state index in [-0.39, 0.29) is 11.5 Å². The van der Waals surface area contributed by atoms with Crippen molar-refractivity contribution in [3.8, 4) is 11.1 Å². The minimum atomic E-state index is -0.115. The first-order valence-corrected chi connectivity index (χ1v) is 7.55. The normalized spacial score (nSPS) is 15.0. The Kier molecular flexibility index (Phi) is 3.09. The number of rotatable bonds is 1. The second kappa shape index (κ2) is 5.11. The second-order valence-corrected chi connectivity index (χ2v) is 5.83. The minimum Gasteiger partial charge on any atom is -0.328 e. The molecule has 0 aromatic heterocycles. The summed E-state index contributed by atoms with van der Waals surface area (Å²) < 4.78 is 0. The van der Waals surface area contributed by atoms with E-state index in [2.05, 4.69) is 34.3 Å². The third kappa shape index (κ3) is 2.06. The van der Waals surface area contributed by atoms with Crippen LogP contribution >= 0.6 is 11.6 Å². The third-order valence-electron chi connectivity index (χ3n) is 4.04. The number of hydrogen-bond acceptors (Lipinski definition) is 2. The molecule has 0 radical (unpaired) electrons. The molecule has 0 saturated carbocycles. The number of nitrogens with zero attached hydrogens (tertiary/aromatic N) is 1. The fourth-order valence-electron chi connectivity index (χ4n) is 2.97. The second-order valence-electron chi connectivity index (χ2n) is 5.40. The van der Waals surface area contributed by atoms with Crippen LogP contribution < -0.4 is 5.56 Å². The zero-order valence-corrected chi connectivity index (χ0v) is 12.5. The molecular weight excluding hydrogens is 296 g/mol. The van der Waals surface area contributed by atoms with Gasteiger partial charge in [-0.3, -0.25) is 9.78 Å². The van der Waals surface area contributed by atoms with Gasteiger partial charge in [0, 0.05) is 34.3 Å². The highest BCUT2D eigenvalue weighted by Crippen LogP contribution is 2.34. The molecule has 108 valence electrons. The number of benzene rings is 1. The monoisotopic (exact) mass is 308 g/mol. The lowest BCUT2D eigenvalue weighted by atomic mass is 9.95. The van der Waals surface area contributed by atoms with Crippen LogP contribution in [0.2, 0.25) is 5.02 Å². The third-order valence-corrected chi connectivity index (χ3v) is 4.27. The van der Waals surface area contributed by atoms with Crippen molar-refractivity contribution in [1.29, 1.82) is 0 Å². The van der Waals surface area contributed by atoms with Crippen LogP contribution in [0.3, 0.4) is 0 Å². The highest BCUT2D eigenvalue weighted by molar-refractivity contribution is 6.31. The number of hydrogen-bond donors (Lipinski definition) is 1. The molecule has 4 heteroatoms. The Hall–Kier alpha value is -2.39. The average Bonchev–Trinajstić information content (AvgIpc) is 2.82. The van der Waals surface area contributed by atoms with Crippen LogP contribution in [0.15, 0.2) is 59.7 Å². The maximum absolute atomic E-state index is 12.0. The molecule has 0 saturated heterocycles. The highest BCUT2D eigenvalue weighted by atomic mass is 35.5. The quantitative estimate of drug-likeness (QED) is 0.682. The molecule has 0 bridgehead atoms. The molecule has 1 aromatic carbocycles. The SMILES string of the molecule is O=c1[nH]cc2c3ccc(Cl)cc3c(C3C=CCC=C3)ncc1-2. The molecule has 0 unspecified atom stereocenters. The molecule has 1 aromatic rings. The summed E-state index contributed by atoms with van der Waals surface area (Å²) in [5, 5.41) is 2.62. The number of halogens is 1. The summed E-state index contributed by atoms with van der Waals surface area (Å²) in [5.74, 6) is 0.102. The smallest absolute Gasteiger partial charge is 0.257 e. The zero-order chi connectivity index (χ0) is 15.1. The predicted molar refractivity (Wildman–Crippen MR) is 89.6 cm³/mol. The van der Waals surface area contributed by atoms with Crippen molar-refractivity contribution in [3.05, 3.63) is 76.0 Å². The number of H-pyrrole nitrogens is 1. The van der Waals surface area contributed by atoms with Gasteiger partial charge >= 0.3 is 0 Å². The Labute approximate surface area is 132 Å². The van der Waals surface area contributed by atoms with Crippen LogP contribution in [0.1, 0.15) is 18.0 Å². The molecule has 0 fully saturated rings. The molecule has 22 heavy (non-hydrogen) atoms. The maximum Gasteiger partial charge on any atom is 0.257 e. The van der Waals surface area contributed by atoms with Gasteiger partial charge in [-0.2, -0.15) is 0 Å². The number of fused-ring (bicyclic) bond motifs is 3. The summed E-state index contributed by atoms with van der Waals surface area (Å²) in [5.41, 5.74) is 2.28. The van der Waals surface area contributed by atoms with Gasteiger partial charge in [-0.25, -0.2) is 0 Å². The molecule has 1 N–H and O–H groups in total. The first kappa shape index (κ1) is 13.3. The van der Waals surface area contributed by atoms with E-state index in [0.717, 1.165) is 28.5 Å². The average molecular weight is 309 g/mol. The number of aromatic nitrogens is 2. The lowest BCUT2D eigenvalue weighted by Gasteiger charge is -2.11. The Bertz CT molecular complexity index is 943. The summed E-state index contributed by atoms with van der Waals surface area (Å²) in [6.45, 7) is 0. The van der Waals surface area contributed by atoms with Gasteiger partial charge in [-0.1, -0.05) is 42.0 Å². The summed E-state index contributed by atoms with van der Waals surface area (Å²) in [4.78, 5) is 19.3. The summed E-state index contributed by atoms with van der Waals surface area (Å²) >= 11 is 6.20. The van der Waals surface area contributed by atoms with Crippen LogP contribution in [0.5, 0.6) is 0 Å². The van der Waals surface area contributed by atoms with Gasteiger partial charge in [0.1, 0.15) is 0 Å². The van der Waals surface area contributed by atoms with E-state index < -0.39 is 0 Å². The fraction of sp³-hybridized carbons (Fsp3) is 0.111. The van der Waals surface area contributed by atoms with Gasteiger partial charge < -0.3 is 4.98 Å². The van der Waals surface area contributed by atoms with Crippen molar-refractivity contribution < 1.29 is 0 Å². The zero-order valence-electron chi connectivity index (χ0n) is 11.7. The maximum atomic E-state index is 12.0. The van der Waals surface area contributed by atoms with Crippen LogP contribution in [0, 0.1) is 0 Å². The molecule has 0 amide bonds. The van der Waals surface area contributed by atoms with E-state index in [9.17, 15) is 4.79 Å². The number of nitrogens with one attached hydrogen (secondary N) is 1. The van der Waals surface area contributed by atoms with Gasteiger partial charge in [0.15, 0.2) is 0 Å². The summed E-state index contributed by atoms with van der Waals surface area (Å²) in [7, 11) is 0. The van der Waals surface area contributed by atoms with E-state index in [1.807, 2.05) is 18.2 Å². The molecule has 3 aliphatic rings. The first-order valence-electron chi connectivity index (χ1n) is 7.17. The van der Waals surface area contributed by atoms with Crippen molar-refractivity contribution in [2.75, 3.05) is 0 Å². The van der Waals surface area contributed by atoms with Crippen molar-refractivity contribution in [1.82, 2.24) is 9.97 Å². The van der Waals surface area contributed by atoms with Gasteiger partial charge in [-0.05, 0) is 23.9 Å². The lowest BCUT2D eigenvalue weighted by molar-refractivity contribution is 0.987.